The van der Waals surface area contributed by atoms with Gasteiger partial charge in [0.25, 0.3) is 0 Å². The topological polar surface area (TPSA) is 92.2 Å². The van der Waals surface area contributed by atoms with Crippen LogP contribution < -0.4 is 19.2 Å². The second-order valence-corrected chi connectivity index (χ2v) is 1.50. The molecule has 0 bridgehead atoms. The van der Waals surface area contributed by atoms with Crippen molar-refractivity contribution in [2.24, 2.45) is 0 Å². The third kappa shape index (κ3) is 101. The van der Waals surface area contributed by atoms with Gasteiger partial charge in [-0.3, -0.25) is 0 Å². The fourth-order valence-electron chi connectivity index (χ4n) is 0. The molecule has 4 nitrogen and oxygen atoms in total. The molecule has 0 fully saturated rings. The van der Waals surface area contributed by atoms with Crippen molar-refractivity contribution in [2.45, 2.75) is 0 Å². The third-order valence-corrected chi connectivity index (χ3v) is 0. The van der Waals surface area contributed by atoms with Crippen molar-refractivity contribution >= 4 is 9.05 Å². The minimum Gasteiger partial charge on any atom is -0.894 e. The van der Waals surface area contributed by atoms with Gasteiger partial charge in [-0.25, -0.2) is 0 Å². The van der Waals surface area contributed by atoms with Gasteiger partial charge >= 0.3 is 44.4 Å². The van der Waals surface area contributed by atoms with Crippen LogP contribution >= 0.6 is 0 Å². The Kier molecular flexibility index (Phi) is 12.7. The molecule has 0 aromatic carbocycles. The molecule has 0 aliphatic carbocycles. The van der Waals surface area contributed by atoms with Crippen LogP contribution in [0, 0.1) is 0 Å². The summed E-state index contributed by atoms with van der Waals surface area (Å²) in [6.07, 6.45) is 0. The normalized spacial score (nSPS) is 8.57. The van der Waals surface area contributed by atoms with Crippen molar-refractivity contribution in [1.29, 1.82) is 0 Å². The van der Waals surface area contributed by atoms with E-state index in [0.29, 0.717) is 0 Å². The van der Waals surface area contributed by atoms with Crippen LogP contribution in [0.15, 0.2) is 0 Å². The number of rotatable bonds is 0. The first kappa shape index (κ1) is 15.8. The van der Waals surface area contributed by atoms with Crippen LogP contribution in [0.4, 0.5) is 0 Å². The summed E-state index contributed by atoms with van der Waals surface area (Å²) in [5.74, 6) is 0. The van der Waals surface area contributed by atoms with Crippen LogP contribution in [0.5, 0.6) is 0 Å². The summed E-state index contributed by atoms with van der Waals surface area (Å²) in [6, 6.07) is 0. The van der Waals surface area contributed by atoms with Crippen molar-refractivity contribution < 1.29 is 63.6 Å². The molecule has 0 aliphatic heterocycles. The summed E-state index contributed by atoms with van der Waals surface area (Å²) in [5.41, 5.74) is 0. The molecular weight excluding hydrogens is 259 g/mol. The fourth-order valence-corrected chi connectivity index (χ4v) is 0. The van der Waals surface area contributed by atoms with Gasteiger partial charge in [0.1, 0.15) is 0 Å². The van der Waals surface area contributed by atoms with Gasteiger partial charge in [0.2, 0.25) is 0 Å². The molecule has 0 aromatic rings. The monoisotopic (exact) mass is 261 g/mol. The molecule has 0 aliphatic rings. The standard InChI is InChI=1S/Cd.Mn.O4Si/c;;1-5(2,3)4/q2*+2;-4. The molecule has 0 saturated carbocycles. The second-order valence-electron chi connectivity index (χ2n) is 0.500. The average molecular weight is 259 g/mol. The molecule has 7 heteroatoms. The predicted molar refractivity (Wildman–Crippen MR) is 5.75 cm³/mol. The summed E-state index contributed by atoms with van der Waals surface area (Å²) in [4.78, 5) is 34.3. The first-order valence-corrected chi connectivity index (χ1v) is 2.45. The molecule has 37 valence electrons. The maximum absolute atomic E-state index is 8.58. The van der Waals surface area contributed by atoms with Gasteiger partial charge in [-0.15, -0.1) is 0 Å². The quantitative estimate of drug-likeness (QED) is 0.407. The molecule has 0 aromatic heterocycles. The van der Waals surface area contributed by atoms with E-state index >= 15 is 0 Å². The van der Waals surface area contributed by atoms with Crippen LogP contribution in [-0.4, -0.2) is 9.05 Å². The molecule has 0 saturated heterocycles. The van der Waals surface area contributed by atoms with E-state index in [4.69, 9.17) is 19.2 Å². The molecule has 1 radical (unpaired) electrons. The molecule has 0 spiro atoms. The Hall–Kier alpha value is 1.50. The smallest absolute Gasteiger partial charge is 0.894 e. The van der Waals surface area contributed by atoms with E-state index in [-0.39, 0.29) is 44.4 Å². The fraction of sp³-hybridized carbons (Fsp3) is 0. The molecular formula is CdMnO4Si. The van der Waals surface area contributed by atoms with Gasteiger partial charge in [-0.1, -0.05) is 0 Å². The Morgan fingerprint density at radius 1 is 0.857 bits per heavy atom. The predicted octanol–water partition coefficient (Wildman–Crippen LogP) is -5.14. The van der Waals surface area contributed by atoms with Crippen molar-refractivity contribution in [1.82, 2.24) is 0 Å². The second kappa shape index (κ2) is 5.63. The van der Waals surface area contributed by atoms with Gasteiger partial charge in [-0.05, 0) is 0 Å². The summed E-state index contributed by atoms with van der Waals surface area (Å²) < 4.78 is 0. The summed E-state index contributed by atoms with van der Waals surface area (Å²) >= 11 is 0. The molecule has 0 atom stereocenters. The van der Waals surface area contributed by atoms with Crippen molar-refractivity contribution in [2.75, 3.05) is 0 Å². The van der Waals surface area contributed by atoms with E-state index in [1.807, 2.05) is 0 Å². The Morgan fingerprint density at radius 2 is 0.857 bits per heavy atom. The van der Waals surface area contributed by atoms with Gasteiger partial charge in [0.05, 0.1) is 0 Å². The SMILES string of the molecule is [Cd+2].[Mn+2].[O-][Si]([O-])([O-])[O-]. The van der Waals surface area contributed by atoms with Crippen LogP contribution in [0.1, 0.15) is 0 Å². The van der Waals surface area contributed by atoms with Crippen LogP contribution in [-0.2, 0) is 44.4 Å². The van der Waals surface area contributed by atoms with Crippen molar-refractivity contribution in [3.05, 3.63) is 0 Å². The molecule has 0 rings (SSSR count). The van der Waals surface area contributed by atoms with Crippen LogP contribution in [0.25, 0.3) is 0 Å². The Labute approximate surface area is 72.3 Å². The van der Waals surface area contributed by atoms with E-state index in [0.717, 1.165) is 0 Å². The Bertz CT molecular complexity index is 27.2. The molecule has 0 amide bonds. The van der Waals surface area contributed by atoms with Crippen molar-refractivity contribution in [3.63, 3.8) is 0 Å². The van der Waals surface area contributed by atoms with E-state index in [9.17, 15) is 0 Å². The van der Waals surface area contributed by atoms with Gasteiger partial charge < -0.3 is 28.2 Å². The summed E-state index contributed by atoms with van der Waals surface area (Å²) in [7, 11) is -5.61. The Morgan fingerprint density at radius 3 is 0.857 bits per heavy atom. The number of hydrogen-bond acceptors (Lipinski definition) is 4. The zero-order valence-electron chi connectivity index (χ0n) is 3.22. The molecule has 7 heavy (non-hydrogen) atoms. The average Bonchev–Trinajstić information content (AvgIpc) is 0.722. The zero-order chi connectivity index (χ0) is 4.50. The maximum Gasteiger partial charge on any atom is 2.00 e. The molecule has 0 heterocycles. The van der Waals surface area contributed by atoms with Gasteiger partial charge in [0, 0.05) is 0 Å². The third-order valence-electron chi connectivity index (χ3n) is 0. The minimum atomic E-state index is -5.61. The van der Waals surface area contributed by atoms with E-state index < -0.39 is 9.05 Å². The minimum absolute atomic E-state index is 0. The van der Waals surface area contributed by atoms with Crippen LogP contribution in [0.2, 0.25) is 0 Å². The molecule has 0 N–H and O–H groups in total. The van der Waals surface area contributed by atoms with E-state index in [2.05, 4.69) is 0 Å². The summed E-state index contributed by atoms with van der Waals surface area (Å²) in [6.45, 7) is 0. The maximum atomic E-state index is 8.58. The van der Waals surface area contributed by atoms with E-state index in [1.165, 1.54) is 0 Å². The molecule has 0 unspecified atom stereocenters. The van der Waals surface area contributed by atoms with Gasteiger partial charge in [0.15, 0.2) is 0 Å². The van der Waals surface area contributed by atoms with Gasteiger partial charge in [-0.2, -0.15) is 0 Å². The largest absolute Gasteiger partial charge is 2.00 e. The van der Waals surface area contributed by atoms with Crippen LogP contribution in [0.3, 0.4) is 0 Å². The Balaban J connectivity index is -0.0000000800. The first-order chi connectivity index (χ1) is 2.00. The van der Waals surface area contributed by atoms with Crippen molar-refractivity contribution in [3.8, 4) is 0 Å². The van der Waals surface area contributed by atoms with E-state index in [1.54, 1.807) is 0 Å². The number of hydrogen-bond donors (Lipinski definition) is 0. The first-order valence-electron chi connectivity index (χ1n) is 0.816. The summed E-state index contributed by atoms with van der Waals surface area (Å²) in [5, 5.41) is 0. The zero-order valence-corrected chi connectivity index (χ0v) is 9.43.